The number of carbonyl (C=O) groups is 2. The highest BCUT2D eigenvalue weighted by Crippen LogP contribution is 2.14. The van der Waals surface area contributed by atoms with Gasteiger partial charge >= 0.3 is 6.03 Å². The SMILES string of the molecule is CCOCCCN(CC(=O)N(Cc1ccccc1)Cc1cccn1C)C(=O)Nc1cccc(C)c1. The number of ether oxygens (including phenoxy) is 1. The van der Waals surface area contributed by atoms with Crippen molar-refractivity contribution >= 4 is 17.6 Å². The van der Waals surface area contributed by atoms with Gasteiger partial charge in [-0.1, -0.05) is 42.5 Å². The second kappa shape index (κ2) is 13.3. The molecule has 1 aromatic heterocycles. The fourth-order valence-electron chi connectivity index (χ4n) is 3.84. The fourth-order valence-corrected chi connectivity index (χ4v) is 3.84. The quantitative estimate of drug-likeness (QED) is 0.381. The summed E-state index contributed by atoms with van der Waals surface area (Å²) in [7, 11) is 1.97. The zero-order chi connectivity index (χ0) is 25.0. The Kier molecular flexibility index (Phi) is 9.93. The average molecular weight is 477 g/mol. The summed E-state index contributed by atoms with van der Waals surface area (Å²) in [6.07, 6.45) is 2.62. The molecule has 0 saturated heterocycles. The standard InChI is InChI=1S/C28H36N4O3/c1-4-35-18-10-17-31(28(34)29-25-14-8-11-23(2)19-25)22-27(33)32(20-24-12-6-5-7-13-24)21-26-15-9-16-30(26)3/h5-9,11-16,19H,4,10,17-18,20-22H2,1-3H3,(H,29,34). The molecule has 3 rings (SSSR count). The van der Waals surface area contributed by atoms with Crippen LogP contribution in [-0.2, 0) is 29.7 Å². The summed E-state index contributed by atoms with van der Waals surface area (Å²) in [5.41, 5.74) is 3.84. The third kappa shape index (κ3) is 8.30. The molecule has 3 aromatic rings. The molecular weight excluding hydrogens is 440 g/mol. The van der Waals surface area contributed by atoms with Gasteiger partial charge < -0.3 is 24.4 Å². The van der Waals surface area contributed by atoms with Gasteiger partial charge in [-0.3, -0.25) is 4.79 Å². The molecule has 0 radical (unpaired) electrons. The lowest BCUT2D eigenvalue weighted by atomic mass is 10.2. The van der Waals surface area contributed by atoms with Gasteiger partial charge in [0.25, 0.3) is 0 Å². The first-order valence-corrected chi connectivity index (χ1v) is 12.1. The van der Waals surface area contributed by atoms with E-state index in [9.17, 15) is 9.59 Å². The smallest absolute Gasteiger partial charge is 0.322 e. The molecule has 0 aliphatic carbocycles. The minimum Gasteiger partial charge on any atom is -0.382 e. The van der Waals surface area contributed by atoms with E-state index in [0.717, 1.165) is 16.8 Å². The first-order chi connectivity index (χ1) is 17.0. The normalized spacial score (nSPS) is 10.7. The molecule has 7 nitrogen and oxygen atoms in total. The molecule has 0 saturated carbocycles. The third-order valence-electron chi connectivity index (χ3n) is 5.78. The topological polar surface area (TPSA) is 66.8 Å². The van der Waals surface area contributed by atoms with Crippen LogP contribution in [0.2, 0.25) is 0 Å². The Morgan fingerprint density at radius 3 is 2.46 bits per heavy atom. The van der Waals surface area contributed by atoms with Crippen LogP contribution in [0.15, 0.2) is 72.9 Å². The lowest BCUT2D eigenvalue weighted by Gasteiger charge is -2.28. The Labute approximate surface area is 208 Å². The molecule has 186 valence electrons. The molecular formula is C28H36N4O3. The Morgan fingerprint density at radius 2 is 1.77 bits per heavy atom. The van der Waals surface area contributed by atoms with E-state index in [-0.39, 0.29) is 18.5 Å². The van der Waals surface area contributed by atoms with E-state index in [1.807, 2.05) is 98.4 Å². The number of aromatic nitrogens is 1. The van der Waals surface area contributed by atoms with Gasteiger partial charge in [0.2, 0.25) is 5.91 Å². The van der Waals surface area contributed by atoms with Crippen molar-refractivity contribution in [1.29, 1.82) is 0 Å². The van der Waals surface area contributed by atoms with Gasteiger partial charge in [0.1, 0.15) is 6.54 Å². The minimum absolute atomic E-state index is 0.0129. The molecule has 0 atom stereocenters. The highest BCUT2D eigenvalue weighted by atomic mass is 16.5. The molecule has 2 aromatic carbocycles. The van der Waals surface area contributed by atoms with Crippen molar-refractivity contribution in [2.75, 3.05) is 31.6 Å². The number of anilines is 1. The van der Waals surface area contributed by atoms with E-state index < -0.39 is 0 Å². The Hall–Kier alpha value is -3.58. The minimum atomic E-state index is -0.293. The van der Waals surface area contributed by atoms with Gasteiger partial charge in [0.15, 0.2) is 0 Å². The van der Waals surface area contributed by atoms with Crippen LogP contribution in [0.3, 0.4) is 0 Å². The van der Waals surface area contributed by atoms with E-state index in [1.165, 1.54) is 0 Å². The van der Waals surface area contributed by atoms with Crippen molar-refractivity contribution in [2.24, 2.45) is 7.05 Å². The van der Waals surface area contributed by atoms with Crippen LogP contribution < -0.4 is 5.32 Å². The van der Waals surface area contributed by atoms with Crippen LogP contribution in [0.25, 0.3) is 0 Å². The van der Waals surface area contributed by atoms with E-state index >= 15 is 0 Å². The highest BCUT2D eigenvalue weighted by Gasteiger charge is 2.22. The molecule has 0 aliphatic rings. The second-order valence-corrected chi connectivity index (χ2v) is 8.62. The van der Waals surface area contributed by atoms with E-state index in [4.69, 9.17) is 4.74 Å². The summed E-state index contributed by atoms with van der Waals surface area (Å²) in [4.78, 5) is 30.1. The number of hydrogen-bond donors (Lipinski definition) is 1. The van der Waals surface area contributed by atoms with E-state index in [2.05, 4.69) is 5.32 Å². The van der Waals surface area contributed by atoms with Gasteiger partial charge in [0.05, 0.1) is 6.54 Å². The first-order valence-electron chi connectivity index (χ1n) is 12.1. The van der Waals surface area contributed by atoms with Crippen LogP contribution in [-0.4, -0.2) is 52.6 Å². The Bertz CT molecular complexity index is 1080. The van der Waals surface area contributed by atoms with Crippen molar-refractivity contribution in [3.8, 4) is 0 Å². The number of rotatable bonds is 12. The van der Waals surface area contributed by atoms with Crippen LogP contribution >= 0.6 is 0 Å². The maximum absolute atomic E-state index is 13.6. The van der Waals surface area contributed by atoms with Crippen LogP contribution in [0.1, 0.15) is 30.2 Å². The second-order valence-electron chi connectivity index (χ2n) is 8.62. The third-order valence-corrected chi connectivity index (χ3v) is 5.78. The van der Waals surface area contributed by atoms with Gasteiger partial charge in [-0.2, -0.15) is 0 Å². The molecule has 35 heavy (non-hydrogen) atoms. The van der Waals surface area contributed by atoms with Gasteiger partial charge in [-0.15, -0.1) is 0 Å². The molecule has 7 heteroatoms. The van der Waals surface area contributed by atoms with E-state index in [1.54, 1.807) is 9.80 Å². The Balaban J connectivity index is 1.75. The summed E-state index contributed by atoms with van der Waals surface area (Å²) in [6, 6.07) is 21.2. The maximum atomic E-state index is 13.6. The van der Waals surface area contributed by atoms with Crippen molar-refractivity contribution < 1.29 is 14.3 Å². The lowest BCUT2D eigenvalue weighted by molar-refractivity contribution is -0.133. The molecule has 0 unspecified atom stereocenters. The molecule has 0 spiro atoms. The predicted molar refractivity (Wildman–Crippen MR) is 139 cm³/mol. The predicted octanol–water partition coefficient (Wildman–Crippen LogP) is 4.82. The molecule has 3 amide bonds. The molecule has 0 bridgehead atoms. The van der Waals surface area contributed by atoms with Crippen LogP contribution in [0, 0.1) is 6.92 Å². The number of carbonyl (C=O) groups excluding carboxylic acids is 2. The maximum Gasteiger partial charge on any atom is 0.322 e. The molecule has 0 fully saturated rings. The number of nitrogens with zero attached hydrogens (tertiary/aromatic N) is 3. The molecule has 1 N–H and O–H groups in total. The van der Waals surface area contributed by atoms with Crippen LogP contribution in [0.4, 0.5) is 10.5 Å². The summed E-state index contributed by atoms with van der Waals surface area (Å²) >= 11 is 0. The number of benzene rings is 2. The number of urea groups is 1. The van der Waals surface area contributed by atoms with Crippen molar-refractivity contribution in [2.45, 2.75) is 33.4 Å². The zero-order valence-corrected chi connectivity index (χ0v) is 20.9. The molecule has 1 heterocycles. The first kappa shape index (κ1) is 26.0. The highest BCUT2D eigenvalue weighted by molar-refractivity contribution is 5.92. The van der Waals surface area contributed by atoms with Gasteiger partial charge in [-0.05, 0) is 55.7 Å². The summed E-state index contributed by atoms with van der Waals surface area (Å²) in [6.45, 7) is 6.42. The molecule has 0 aliphatic heterocycles. The summed E-state index contributed by atoms with van der Waals surface area (Å²) < 4.78 is 7.47. The van der Waals surface area contributed by atoms with Crippen molar-refractivity contribution in [3.05, 3.63) is 89.7 Å². The number of aryl methyl sites for hydroxylation is 2. The van der Waals surface area contributed by atoms with Crippen molar-refractivity contribution in [3.63, 3.8) is 0 Å². The van der Waals surface area contributed by atoms with Gasteiger partial charge in [0, 0.05) is 50.9 Å². The summed E-state index contributed by atoms with van der Waals surface area (Å²) in [5, 5.41) is 2.94. The van der Waals surface area contributed by atoms with Crippen LogP contribution in [0.5, 0.6) is 0 Å². The van der Waals surface area contributed by atoms with Gasteiger partial charge in [-0.25, -0.2) is 4.79 Å². The Morgan fingerprint density at radius 1 is 0.971 bits per heavy atom. The monoisotopic (exact) mass is 476 g/mol. The fraction of sp³-hybridized carbons (Fsp3) is 0.357. The zero-order valence-electron chi connectivity index (χ0n) is 20.9. The largest absolute Gasteiger partial charge is 0.382 e. The average Bonchev–Trinajstić information content (AvgIpc) is 3.25. The lowest BCUT2D eigenvalue weighted by Crippen LogP contribution is -2.44. The summed E-state index contributed by atoms with van der Waals surface area (Å²) in [5.74, 6) is -0.106. The number of amides is 3. The number of nitrogens with one attached hydrogen (secondary N) is 1. The number of hydrogen-bond acceptors (Lipinski definition) is 3. The van der Waals surface area contributed by atoms with Crippen molar-refractivity contribution in [1.82, 2.24) is 14.4 Å². The van der Waals surface area contributed by atoms with E-state index in [0.29, 0.717) is 45.0 Å².